The van der Waals surface area contributed by atoms with Crippen LogP contribution in [0.15, 0.2) is 35.3 Å². The third-order valence-electron chi connectivity index (χ3n) is 6.10. The lowest BCUT2D eigenvalue weighted by atomic mass is 10.0. The maximum Gasteiger partial charge on any atom is 0.305 e. The molecule has 1 heterocycles. The maximum absolute atomic E-state index is 13.2. The van der Waals surface area contributed by atoms with E-state index in [2.05, 4.69) is 36.9 Å². The number of aliphatic carboxylic acids is 1. The number of carbonyl (C=O) groups is 6. The van der Waals surface area contributed by atoms with Crippen molar-refractivity contribution in [2.45, 2.75) is 50.2 Å². The lowest BCUT2D eigenvalue weighted by Crippen LogP contribution is -2.56. The van der Waals surface area contributed by atoms with Crippen molar-refractivity contribution < 1.29 is 33.9 Å². The Bertz CT molecular complexity index is 1130. The molecule has 0 aliphatic carbocycles. The smallest absolute Gasteiger partial charge is 0.305 e. The highest BCUT2D eigenvalue weighted by atomic mass is 16.4. The first-order chi connectivity index (χ1) is 20.0. The molecule has 5 amide bonds. The number of carboxylic acids is 1. The highest BCUT2D eigenvalue weighted by Crippen LogP contribution is 2.06. The van der Waals surface area contributed by atoms with Crippen molar-refractivity contribution in [2.24, 2.45) is 16.5 Å². The average molecular weight is 590 g/mol. The van der Waals surface area contributed by atoms with Crippen molar-refractivity contribution in [3.05, 3.63) is 35.9 Å². The van der Waals surface area contributed by atoms with Crippen LogP contribution in [0.5, 0.6) is 0 Å². The Balaban J connectivity index is 2.21. The highest BCUT2D eigenvalue weighted by Gasteiger charge is 2.29. The van der Waals surface area contributed by atoms with Crippen LogP contribution in [0.4, 0.5) is 0 Å². The number of carbonyl (C=O) groups excluding carboxylic acids is 5. The number of nitrogens with zero attached hydrogens (tertiary/aromatic N) is 1. The van der Waals surface area contributed by atoms with Gasteiger partial charge in [0.2, 0.25) is 29.5 Å². The Morgan fingerprint density at radius 2 is 1.52 bits per heavy atom. The molecule has 0 saturated carbocycles. The molecule has 230 valence electrons. The van der Waals surface area contributed by atoms with Gasteiger partial charge in [-0.1, -0.05) is 30.3 Å². The quantitative estimate of drug-likeness (QED) is 0.0818. The number of hydrogen-bond acceptors (Lipinski definition) is 8. The lowest BCUT2D eigenvalue weighted by molar-refractivity contribution is -0.141. The van der Waals surface area contributed by atoms with Crippen LogP contribution >= 0.6 is 0 Å². The summed E-state index contributed by atoms with van der Waals surface area (Å²) in [4.78, 5) is 79.3. The molecule has 0 bridgehead atoms. The number of nitrogens with two attached hydrogens (primary N) is 2. The summed E-state index contributed by atoms with van der Waals surface area (Å²) in [5.74, 6) is -4.81. The van der Waals surface area contributed by atoms with Gasteiger partial charge in [0.15, 0.2) is 5.96 Å². The molecule has 16 heteroatoms. The Morgan fingerprint density at radius 3 is 2.21 bits per heavy atom. The minimum Gasteiger partial charge on any atom is -0.481 e. The number of nitrogens with one attached hydrogen (secondary N) is 6. The summed E-state index contributed by atoms with van der Waals surface area (Å²) < 4.78 is 0. The second kappa shape index (κ2) is 17.9. The summed E-state index contributed by atoms with van der Waals surface area (Å²) in [7, 11) is 0. The Labute approximate surface area is 242 Å². The zero-order chi connectivity index (χ0) is 30.9. The predicted molar refractivity (Wildman–Crippen MR) is 152 cm³/mol. The second-order valence-electron chi connectivity index (χ2n) is 9.55. The van der Waals surface area contributed by atoms with Crippen molar-refractivity contribution in [3.8, 4) is 0 Å². The van der Waals surface area contributed by atoms with Crippen molar-refractivity contribution in [1.29, 1.82) is 0 Å². The van der Waals surface area contributed by atoms with E-state index in [-0.39, 0.29) is 44.9 Å². The van der Waals surface area contributed by atoms with E-state index < -0.39 is 66.6 Å². The zero-order valence-electron chi connectivity index (χ0n) is 23.2. The van der Waals surface area contributed by atoms with Crippen LogP contribution in [0, 0.1) is 0 Å². The number of benzene rings is 1. The predicted octanol–water partition coefficient (Wildman–Crippen LogP) is -3.56. The summed E-state index contributed by atoms with van der Waals surface area (Å²) in [5.41, 5.74) is 11.4. The monoisotopic (exact) mass is 589 g/mol. The van der Waals surface area contributed by atoms with Gasteiger partial charge >= 0.3 is 5.97 Å². The van der Waals surface area contributed by atoms with Crippen LogP contribution in [-0.4, -0.2) is 97.4 Å². The van der Waals surface area contributed by atoms with Gasteiger partial charge in [-0.2, -0.15) is 0 Å². The number of guanidine groups is 1. The van der Waals surface area contributed by atoms with Crippen LogP contribution in [0.2, 0.25) is 0 Å². The van der Waals surface area contributed by atoms with Crippen molar-refractivity contribution in [1.82, 2.24) is 31.9 Å². The summed E-state index contributed by atoms with van der Waals surface area (Å²) in [5, 5.41) is 24.9. The molecule has 1 aromatic carbocycles. The van der Waals surface area contributed by atoms with E-state index in [1.807, 2.05) is 0 Å². The van der Waals surface area contributed by atoms with Crippen molar-refractivity contribution in [2.75, 3.05) is 32.7 Å². The second-order valence-corrected chi connectivity index (χ2v) is 9.55. The van der Waals surface area contributed by atoms with E-state index in [9.17, 15) is 33.9 Å². The van der Waals surface area contributed by atoms with Crippen molar-refractivity contribution >= 4 is 41.5 Å². The number of carboxylic acid groups (broad SMARTS) is 1. The molecular formula is C26H39N9O7. The zero-order valence-corrected chi connectivity index (χ0v) is 23.2. The Morgan fingerprint density at radius 1 is 0.833 bits per heavy atom. The molecule has 1 saturated heterocycles. The van der Waals surface area contributed by atoms with E-state index in [4.69, 9.17) is 11.5 Å². The van der Waals surface area contributed by atoms with Gasteiger partial charge in [0.05, 0.1) is 13.0 Å². The largest absolute Gasteiger partial charge is 0.481 e. The summed E-state index contributed by atoms with van der Waals surface area (Å²) in [6.45, 7) is 0.407. The van der Waals surface area contributed by atoms with Gasteiger partial charge in [0.25, 0.3) is 0 Å². The lowest BCUT2D eigenvalue weighted by Gasteiger charge is -2.23. The minimum atomic E-state index is -1.54. The number of amides is 5. The topological polar surface area (TPSA) is 259 Å². The molecular weight excluding hydrogens is 550 g/mol. The highest BCUT2D eigenvalue weighted by molar-refractivity contribution is 5.96. The molecule has 3 atom stereocenters. The molecule has 1 aromatic rings. The molecule has 42 heavy (non-hydrogen) atoms. The van der Waals surface area contributed by atoms with E-state index in [0.717, 1.165) is 5.56 Å². The van der Waals surface area contributed by atoms with Gasteiger partial charge < -0.3 is 48.5 Å². The van der Waals surface area contributed by atoms with Crippen LogP contribution in [0.25, 0.3) is 0 Å². The molecule has 1 aliphatic rings. The van der Waals surface area contributed by atoms with E-state index in [1.165, 1.54) is 0 Å². The SMILES string of the molecule is NC(N)=NCCC[C@@H]1NC(=O)CNC(=O)[C@H](CC(=O)O)NC(=O)[C@@H](Cc2ccccc2)NC(=O)CCNCCNC1=O. The summed E-state index contributed by atoms with van der Waals surface area (Å²) in [6, 6.07) is 5.23. The third-order valence-corrected chi connectivity index (χ3v) is 6.10. The Hall–Kier alpha value is -4.73. The summed E-state index contributed by atoms with van der Waals surface area (Å²) >= 11 is 0. The first-order valence-corrected chi connectivity index (χ1v) is 13.5. The van der Waals surface area contributed by atoms with Gasteiger partial charge in [-0.25, -0.2) is 0 Å². The molecule has 0 unspecified atom stereocenters. The van der Waals surface area contributed by atoms with Crippen LogP contribution < -0.4 is 43.4 Å². The third kappa shape index (κ3) is 13.1. The molecule has 11 N–H and O–H groups in total. The standard InChI is InChI=1S/C26H39N9O7/c27-26(28)31-9-4-7-17-23(40)30-12-11-29-10-8-20(36)34-18(13-16-5-2-1-3-6-16)25(42)35-19(14-22(38)39)24(41)32-15-21(37)33-17/h1-3,5-6,17-19,29H,4,7-15H2,(H,30,40)(H,32,41)(H,33,37)(H,34,36)(H,35,42)(H,38,39)(H4,27,28,31)/t17-,18+,19-/m0/s1. The van der Waals surface area contributed by atoms with Crippen LogP contribution in [0.3, 0.4) is 0 Å². The fraction of sp³-hybridized carbons (Fsp3) is 0.500. The fourth-order valence-electron chi connectivity index (χ4n) is 4.01. The van der Waals surface area contributed by atoms with Crippen LogP contribution in [-0.2, 0) is 35.2 Å². The molecule has 0 spiro atoms. The normalized spacial score (nSPS) is 21.6. The van der Waals surface area contributed by atoms with Crippen molar-refractivity contribution in [3.63, 3.8) is 0 Å². The molecule has 0 radical (unpaired) electrons. The minimum absolute atomic E-state index is 0.00896. The summed E-state index contributed by atoms with van der Waals surface area (Å²) in [6.07, 6.45) is -0.116. The molecule has 1 fully saturated rings. The first-order valence-electron chi connectivity index (χ1n) is 13.5. The number of aliphatic imine (C=N–C) groups is 1. The Kier molecular flexibility index (Phi) is 14.2. The molecule has 16 nitrogen and oxygen atoms in total. The fourth-order valence-corrected chi connectivity index (χ4v) is 4.01. The first kappa shape index (κ1) is 33.5. The van der Waals surface area contributed by atoms with Gasteiger partial charge in [-0.3, -0.25) is 33.8 Å². The molecule has 2 rings (SSSR count). The van der Waals surface area contributed by atoms with E-state index >= 15 is 0 Å². The van der Waals surface area contributed by atoms with E-state index in [0.29, 0.717) is 13.0 Å². The average Bonchev–Trinajstić information content (AvgIpc) is 2.94. The maximum atomic E-state index is 13.2. The van der Waals surface area contributed by atoms with Gasteiger partial charge in [-0.05, 0) is 18.4 Å². The van der Waals surface area contributed by atoms with Gasteiger partial charge in [-0.15, -0.1) is 0 Å². The molecule has 1 aliphatic heterocycles. The molecule has 0 aromatic heterocycles. The van der Waals surface area contributed by atoms with E-state index in [1.54, 1.807) is 30.3 Å². The van der Waals surface area contributed by atoms with Gasteiger partial charge in [0.1, 0.15) is 18.1 Å². The number of rotatable bonds is 8. The number of hydrogen-bond donors (Lipinski definition) is 9. The van der Waals surface area contributed by atoms with Crippen LogP contribution in [0.1, 0.15) is 31.2 Å². The van der Waals surface area contributed by atoms with Gasteiger partial charge in [0, 0.05) is 39.0 Å².